The Morgan fingerprint density at radius 1 is 0.722 bits per heavy atom. The number of nitrogens with zero attached hydrogens (tertiary/aromatic N) is 1. The van der Waals surface area contributed by atoms with Crippen LogP contribution in [0.1, 0.15) is 116 Å². The van der Waals surface area contributed by atoms with Gasteiger partial charge in [-0.15, -0.1) is 0 Å². The number of aromatic hydroxyl groups is 1. The van der Waals surface area contributed by atoms with Gasteiger partial charge in [-0.05, 0) is 37.1 Å². The van der Waals surface area contributed by atoms with Gasteiger partial charge in [-0.3, -0.25) is 4.79 Å². The van der Waals surface area contributed by atoms with E-state index in [0.29, 0.717) is 11.4 Å². The van der Waals surface area contributed by atoms with E-state index in [1.807, 2.05) is 30.3 Å². The zero-order valence-corrected chi connectivity index (χ0v) is 22.7. The van der Waals surface area contributed by atoms with Crippen molar-refractivity contribution in [3.05, 3.63) is 60.2 Å². The van der Waals surface area contributed by atoms with E-state index in [2.05, 4.69) is 24.2 Å². The van der Waals surface area contributed by atoms with Crippen LogP contribution in [-0.2, 0) is 4.79 Å². The van der Waals surface area contributed by atoms with Gasteiger partial charge in [0, 0.05) is 11.6 Å². The van der Waals surface area contributed by atoms with Crippen LogP contribution in [0.3, 0.4) is 0 Å². The first kappa shape index (κ1) is 29.6. The van der Waals surface area contributed by atoms with Crippen LogP contribution < -0.4 is 5.32 Å². The van der Waals surface area contributed by atoms with Crippen molar-refractivity contribution in [3.63, 3.8) is 0 Å². The van der Waals surface area contributed by atoms with E-state index in [0.717, 1.165) is 31.2 Å². The van der Waals surface area contributed by atoms with Gasteiger partial charge in [0.05, 0.1) is 5.69 Å². The highest BCUT2D eigenvalue weighted by molar-refractivity contribution is 6.45. The summed E-state index contributed by atoms with van der Waals surface area (Å²) in [5.41, 5.74) is 1.86. The Kier molecular flexibility index (Phi) is 15.3. The van der Waals surface area contributed by atoms with Crippen LogP contribution in [0.15, 0.2) is 59.6 Å². The number of phenolic OH excluding ortho intramolecular Hbond substituents is 1. The summed E-state index contributed by atoms with van der Waals surface area (Å²) in [6.07, 6.45) is 19.1. The molecular weight excluding hydrogens is 444 g/mol. The third kappa shape index (κ3) is 12.4. The molecule has 0 heterocycles. The van der Waals surface area contributed by atoms with Crippen molar-refractivity contribution >= 4 is 17.3 Å². The molecule has 0 radical (unpaired) electrons. The first-order valence-electron chi connectivity index (χ1n) is 14.4. The molecule has 4 nitrogen and oxygen atoms in total. The number of hydrogen-bond donors (Lipinski definition) is 2. The summed E-state index contributed by atoms with van der Waals surface area (Å²) in [5.74, 6) is 0.0525. The molecule has 36 heavy (non-hydrogen) atoms. The molecule has 2 aromatic carbocycles. The second kappa shape index (κ2) is 18.6. The monoisotopic (exact) mass is 492 g/mol. The number of unbranched alkanes of at least 4 members (excludes halogenated alkanes) is 11. The Hall–Kier alpha value is -2.62. The Balaban J connectivity index is 1.80. The van der Waals surface area contributed by atoms with E-state index < -0.39 is 0 Å². The number of aliphatic imine (C=N–C) groups is 1. The topological polar surface area (TPSA) is 61.7 Å². The number of benzene rings is 2. The molecular formula is C32H48N2O2. The van der Waals surface area contributed by atoms with Crippen LogP contribution in [0.5, 0.6) is 5.75 Å². The molecule has 1 unspecified atom stereocenters. The Bertz CT molecular complexity index is 861. The summed E-state index contributed by atoms with van der Waals surface area (Å²) < 4.78 is 0. The van der Waals surface area contributed by atoms with Crippen LogP contribution in [0.4, 0.5) is 5.69 Å². The maximum atomic E-state index is 13.3. The predicted octanol–water partition coefficient (Wildman–Crippen LogP) is 8.89. The Morgan fingerprint density at radius 3 is 1.83 bits per heavy atom. The number of nitrogens with one attached hydrogen (secondary N) is 1. The van der Waals surface area contributed by atoms with Crippen LogP contribution in [0, 0.1) is 0 Å². The lowest BCUT2D eigenvalue weighted by Gasteiger charge is -2.19. The smallest absolute Gasteiger partial charge is 0.270 e. The van der Waals surface area contributed by atoms with Crippen LogP contribution >= 0.6 is 0 Å². The van der Waals surface area contributed by atoms with Crippen molar-refractivity contribution in [3.8, 4) is 5.75 Å². The molecule has 2 N–H and O–H groups in total. The van der Waals surface area contributed by atoms with Gasteiger partial charge < -0.3 is 10.4 Å². The Morgan fingerprint density at radius 2 is 1.28 bits per heavy atom. The van der Waals surface area contributed by atoms with Gasteiger partial charge in [0.1, 0.15) is 11.5 Å². The van der Waals surface area contributed by atoms with E-state index in [4.69, 9.17) is 0 Å². The molecule has 4 heteroatoms. The highest BCUT2D eigenvalue weighted by Crippen LogP contribution is 2.19. The molecule has 0 saturated carbocycles. The van der Waals surface area contributed by atoms with Crippen molar-refractivity contribution in [1.82, 2.24) is 5.32 Å². The standard InChI is InChI=1S/C32H48N2O2/c1-3-5-6-7-8-9-10-11-12-13-14-18-22-28(19-4-2)34-32(36)31(27-20-16-15-17-21-27)33-29-23-25-30(35)26-24-29/h15-17,20-21,23-26,28,35H,3-14,18-19,22H2,1-2H3,(H,34,36). The summed E-state index contributed by atoms with van der Waals surface area (Å²) in [5, 5.41) is 12.8. The van der Waals surface area contributed by atoms with Gasteiger partial charge in [0.15, 0.2) is 0 Å². The zero-order chi connectivity index (χ0) is 25.8. The average molecular weight is 493 g/mol. The lowest BCUT2D eigenvalue weighted by Crippen LogP contribution is -2.39. The van der Waals surface area contributed by atoms with E-state index in [-0.39, 0.29) is 17.7 Å². The molecule has 1 amide bonds. The molecule has 0 saturated heterocycles. The molecule has 198 valence electrons. The maximum Gasteiger partial charge on any atom is 0.270 e. The van der Waals surface area contributed by atoms with Crippen molar-refractivity contribution in [2.45, 2.75) is 116 Å². The lowest BCUT2D eigenvalue weighted by atomic mass is 10.0. The predicted molar refractivity (Wildman–Crippen MR) is 153 cm³/mol. The number of carbonyl (C=O) groups excluding carboxylic acids is 1. The van der Waals surface area contributed by atoms with Gasteiger partial charge in [-0.2, -0.15) is 0 Å². The molecule has 0 aliphatic carbocycles. The van der Waals surface area contributed by atoms with Crippen molar-refractivity contribution in [1.29, 1.82) is 0 Å². The molecule has 2 rings (SSSR count). The van der Waals surface area contributed by atoms with E-state index in [9.17, 15) is 9.90 Å². The van der Waals surface area contributed by atoms with E-state index >= 15 is 0 Å². The van der Waals surface area contributed by atoms with Gasteiger partial charge in [0.25, 0.3) is 5.91 Å². The van der Waals surface area contributed by atoms with Gasteiger partial charge in [-0.25, -0.2) is 4.99 Å². The van der Waals surface area contributed by atoms with Crippen LogP contribution in [0.2, 0.25) is 0 Å². The van der Waals surface area contributed by atoms with Gasteiger partial charge in [0.2, 0.25) is 0 Å². The summed E-state index contributed by atoms with van der Waals surface area (Å²) >= 11 is 0. The van der Waals surface area contributed by atoms with Gasteiger partial charge in [-0.1, -0.05) is 128 Å². The van der Waals surface area contributed by atoms with Crippen LogP contribution in [-0.4, -0.2) is 22.8 Å². The summed E-state index contributed by atoms with van der Waals surface area (Å²) in [7, 11) is 0. The van der Waals surface area contributed by atoms with Crippen molar-refractivity contribution in [2.75, 3.05) is 0 Å². The van der Waals surface area contributed by atoms with Crippen LogP contribution in [0.25, 0.3) is 0 Å². The number of amides is 1. The number of carbonyl (C=O) groups is 1. The Labute approximate surface area is 219 Å². The summed E-state index contributed by atoms with van der Waals surface area (Å²) in [6.45, 7) is 4.44. The molecule has 0 spiro atoms. The molecule has 2 aromatic rings. The largest absolute Gasteiger partial charge is 0.508 e. The lowest BCUT2D eigenvalue weighted by molar-refractivity contribution is -0.115. The SMILES string of the molecule is CCCCCCCCCCCCCCC(CCC)NC(=O)C(=Nc1ccc(O)cc1)c1ccccc1. The fraction of sp³-hybridized carbons (Fsp3) is 0.562. The quantitative estimate of drug-likeness (QED) is 0.152. The van der Waals surface area contributed by atoms with E-state index in [1.54, 1.807) is 24.3 Å². The number of phenols is 1. The summed E-state index contributed by atoms with van der Waals surface area (Å²) in [4.78, 5) is 18.0. The van der Waals surface area contributed by atoms with E-state index in [1.165, 1.54) is 70.6 Å². The average Bonchev–Trinajstić information content (AvgIpc) is 2.89. The third-order valence-corrected chi connectivity index (χ3v) is 6.73. The third-order valence-electron chi connectivity index (χ3n) is 6.73. The first-order chi connectivity index (χ1) is 17.6. The maximum absolute atomic E-state index is 13.3. The minimum atomic E-state index is -0.133. The molecule has 1 atom stereocenters. The molecule has 0 fully saturated rings. The molecule has 0 aliphatic heterocycles. The minimum absolute atomic E-state index is 0.133. The first-order valence-corrected chi connectivity index (χ1v) is 14.4. The fourth-order valence-electron chi connectivity index (χ4n) is 4.62. The number of rotatable bonds is 19. The van der Waals surface area contributed by atoms with Crippen molar-refractivity contribution in [2.24, 2.45) is 4.99 Å². The molecule has 0 aromatic heterocycles. The minimum Gasteiger partial charge on any atom is -0.508 e. The van der Waals surface area contributed by atoms with Crippen molar-refractivity contribution < 1.29 is 9.90 Å². The highest BCUT2D eigenvalue weighted by Gasteiger charge is 2.18. The second-order valence-corrected chi connectivity index (χ2v) is 9.98. The normalized spacial score (nSPS) is 12.4. The second-order valence-electron chi connectivity index (χ2n) is 9.98. The summed E-state index contributed by atoms with van der Waals surface area (Å²) in [6, 6.07) is 16.4. The zero-order valence-electron chi connectivity index (χ0n) is 22.7. The fourth-order valence-corrected chi connectivity index (χ4v) is 4.62. The number of hydrogen-bond acceptors (Lipinski definition) is 3. The molecule has 0 aliphatic rings. The van der Waals surface area contributed by atoms with Gasteiger partial charge >= 0.3 is 0 Å². The highest BCUT2D eigenvalue weighted by atomic mass is 16.3. The molecule has 0 bridgehead atoms.